The fourth-order valence-corrected chi connectivity index (χ4v) is 4.41. The molecule has 0 aromatic heterocycles. The minimum absolute atomic E-state index is 0.0892. The largest absolute Gasteiger partial charge is 0.484 e. The molecule has 1 fully saturated rings. The smallest absolute Gasteiger partial charge is 0.261 e. The van der Waals surface area contributed by atoms with Crippen molar-refractivity contribution in [2.45, 2.75) is 65.0 Å². The Labute approximate surface area is 199 Å². The van der Waals surface area contributed by atoms with E-state index < -0.39 is 6.04 Å². The van der Waals surface area contributed by atoms with Crippen molar-refractivity contribution in [2.75, 3.05) is 13.2 Å². The number of nitrogens with zero attached hydrogens (tertiary/aromatic N) is 1. The van der Waals surface area contributed by atoms with Gasteiger partial charge in [-0.25, -0.2) is 0 Å². The van der Waals surface area contributed by atoms with Gasteiger partial charge in [0.2, 0.25) is 5.91 Å². The summed E-state index contributed by atoms with van der Waals surface area (Å²) in [4.78, 5) is 27.7. The zero-order chi connectivity index (χ0) is 23.1. The number of ether oxygens (including phenoxy) is 1. The maximum atomic E-state index is 13.2. The van der Waals surface area contributed by atoms with E-state index in [9.17, 15) is 9.59 Å². The van der Waals surface area contributed by atoms with Crippen molar-refractivity contribution in [3.05, 3.63) is 63.6 Å². The highest BCUT2D eigenvalue weighted by molar-refractivity contribution is 9.10. The molecule has 32 heavy (non-hydrogen) atoms. The van der Waals surface area contributed by atoms with Gasteiger partial charge >= 0.3 is 0 Å². The highest BCUT2D eigenvalue weighted by Crippen LogP contribution is 2.26. The lowest BCUT2D eigenvalue weighted by Gasteiger charge is -2.29. The lowest BCUT2D eigenvalue weighted by molar-refractivity contribution is -0.141. The lowest BCUT2D eigenvalue weighted by Crippen LogP contribution is -2.51. The molecule has 1 aliphatic rings. The zero-order valence-corrected chi connectivity index (χ0v) is 20.8. The molecule has 1 saturated carbocycles. The van der Waals surface area contributed by atoms with Crippen LogP contribution in [0, 0.1) is 13.8 Å². The van der Waals surface area contributed by atoms with Gasteiger partial charge in [-0.1, -0.05) is 59.1 Å². The minimum Gasteiger partial charge on any atom is -0.484 e. The van der Waals surface area contributed by atoms with Crippen LogP contribution >= 0.6 is 15.9 Å². The summed E-state index contributed by atoms with van der Waals surface area (Å²) in [6, 6.07) is 13.5. The molecule has 1 atom stereocenters. The fourth-order valence-electron chi connectivity index (χ4n) is 4.18. The molecule has 0 heterocycles. The Balaban J connectivity index is 1.68. The summed E-state index contributed by atoms with van der Waals surface area (Å²) in [6.07, 6.45) is 5.01. The number of carbonyl (C=O) groups is 2. The Morgan fingerprint density at radius 3 is 2.38 bits per heavy atom. The summed E-state index contributed by atoms with van der Waals surface area (Å²) < 4.78 is 6.88. The SMILES string of the molecule is Cc1cc(OCC(=O)N(CCc2ccccc2)[C@H](C)C(=O)NC2CCCC2)cc(C)c1Br. The molecule has 0 aliphatic heterocycles. The zero-order valence-electron chi connectivity index (χ0n) is 19.2. The number of hydrogen-bond acceptors (Lipinski definition) is 3. The van der Waals surface area contributed by atoms with Gasteiger partial charge in [0.1, 0.15) is 11.8 Å². The Bertz CT molecular complexity index is 903. The van der Waals surface area contributed by atoms with Crippen molar-refractivity contribution in [3.8, 4) is 5.75 Å². The van der Waals surface area contributed by atoms with Gasteiger partial charge < -0.3 is 15.0 Å². The van der Waals surface area contributed by atoms with Gasteiger partial charge in [0.25, 0.3) is 5.91 Å². The van der Waals surface area contributed by atoms with E-state index in [0.29, 0.717) is 18.7 Å². The van der Waals surface area contributed by atoms with E-state index in [4.69, 9.17) is 4.74 Å². The van der Waals surface area contributed by atoms with Crippen molar-refractivity contribution in [2.24, 2.45) is 0 Å². The Hall–Kier alpha value is -2.34. The van der Waals surface area contributed by atoms with Gasteiger partial charge in [0.05, 0.1) is 0 Å². The highest BCUT2D eigenvalue weighted by atomic mass is 79.9. The van der Waals surface area contributed by atoms with Crippen molar-refractivity contribution in [1.29, 1.82) is 0 Å². The van der Waals surface area contributed by atoms with Gasteiger partial charge in [-0.05, 0) is 68.9 Å². The van der Waals surface area contributed by atoms with Crippen LogP contribution in [0.3, 0.4) is 0 Å². The van der Waals surface area contributed by atoms with Crippen LogP contribution in [-0.4, -0.2) is 41.9 Å². The summed E-state index contributed by atoms with van der Waals surface area (Å²) in [6.45, 7) is 6.15. The molecule has 6 heteroatoms. The summed E-state index contributed by atoms with van der Waals surface area (Å²) in [7, 11) is 0. The molecule has 0 bridgehead atoms. The normalized spacial score (nSPS) is 14.8. The number of aryl methyl sites for hydroxylation is 2. The topological polar surface area (TPSA) is 58.6 Å². The van der Waals surface area contributed by atoms with Crippen LogP contribution in [0.4, 0.5) is 0 Å². The number of halogens is 1. The van der Waals surface area contributed by atoms with E-state index in [1.165, 1.54) is 0 Å². The van der Waals surface area contributed by atoms with E-state index in [-0.39, 0.29) is 24.5 Å². The van der Waals surface area contributed by atoms with Gasteiger partial charge in [0.15, 0.2) is 6.61 Å². The predicted octanol–water partition coefficient (Wildman–Crippen LogP) is 4.96. The molecule has 0 radical (unpaired) electrons. The number of benzene rings is 2. The first kappa shape index (κ1) is 24.3. The summed E-state index contributed by atoms with van der Waals surface area (Å²) in [5, 5.41) is 3.13. The predicted molar refractivity (Wildman–Crippen MR) is 131 cm³/mol. The molecular weight excluding hydrogens is 468 g/mol. The maximum absolute atomic E-state index is 13.2. The van der Waals surface area contributed by atoms with E-state index in [1.807, 2.05) is 56.3 Å². The number of nitrogens with one attached hydrogen (secondary N) is 1. The van der Waals surface area contributed by atoms with Crippen LogP contribution in [-0.2, 0) is 16.0 Å². The molecule has 2 aromatic rings. The number of rotatable bonds is 9. The maximum Gasteiger partial charge on any atom is 0.261 e. The van der Waals surface area contributed by atoms with E-state index in [1.54, 1.807) is 11.8 Å². The average molecular weight is 501 g/mol. The lowest BCUT2D eigenvalue weighted by atomic mass is 10.1. The van der Waals surface area contributed by atoms with Gasteiger partial charge in [0, 0.05) is 17.1 Å². The third kappa shape index (κ3) is 6.58. The van der Waals surface area contributed by atoms with Gasteiger partial charge in [-0.2, -0.15) is 0 Å². The van der Waals surface area contributed by atoms with E-state index in [0.717, 1.165) is 46.8 Å². The van der Waals surface area contributed by atoms with Crippen LogP contribution in [0.2, 0.25) is 0 Å². The molecule has 2 amide bonds. The molecule has 5 nitrogen and oxygen atoms in total. The van der Waals surface area contributed by atoms with Crippen molar-refractivity contribution < 1.29 is 14.3 Å². The van der Waals surface area contributed by atoms with Crippen LogP contribution in [0.1, 0.15) is 49.3 Å². The number of carbonyl (C=O) groups excluding carboxylic acids is 2. The molecule has 172 valence electrons. The van der Waals surface area contributed by atoms with Crippen LogP contribution < -0.4 is 10.1 Å². The average Bonchev–Trinajstić information content (AvgIpc) is 3.29. The molecule has 0 spiro atoms. The minimum atomic E-state index is -0.552. The Kier molecular flexibility index (Phi) is 8.74. The second-order valence-corrected chi connectivity index (χ2v) is 9.44. The number of hydrogen-bond donors (Lipinski definition) is 1. The van der Waals surface area contributed by atoms with Gasteiger partial charge in [-0.3, -0.25) is 9.59 Å². The van der Waals surface area contributed by atoms with Crippen molar-refractivity contribution in [1.82, 2.24) is 10.2 Å². The standard InChI is InChI=1S/C26H33BrN2O3/c1-18-15-23(16-19(2)25(18)27)32-17-24(30)29(14-13-21-9-5-4-6-10-21)20(3)26(31)28-22-11-7-8-12-22/h4-6,9-10,15-16,20,22H,7-8,11-14,17H2,1-3H3,(H,28,31)/t20-/m1/s1. The molecule has 2 aromatic carbocycles. The van der Waals surface area contributed by atoms with Gasteiger partial charge in [-0.15, -0.1) is 0 Å². The Morgan fingerprint density at radius 2 is 1.75 bits per heavy atom. The molecular formula is C26H33BrN2O3. The van der Waals surface area contributed by atoms with Crippen molar-refractivity contribution >= 4 is 27.7 Å². The van der Waals surface area contributed by atoms with Crippen molar-refractivity contribution in [3.63, 3.8) is 0 Å². The summed E-state index contributed by atoms with van der Waals surface area (Å²) >= 11 is 3.55. The highest BCUT2D eigenvalue weighted by Gasteiger charge is 2.28. The fraction of sp³-hybridized carbons (Fsp3) is 0.462. The van der Waals surface area contributed by atoms with Crippen LogP contribution in [0.25, 0.3) is 0 Å². The molecule has 3 rings (SSSR count). The van der Waals surface area contributed by atoms with E-state index in [2.05, 4.69) is 21.2 Å². The van der Waals surface area contributed by atoms with Crippen LogP contribution in [0.5, 0.6) is 5.75 Å². The first-order valence-corrected chi connectivity index (χ1v) is 12.2. The first-order chi connectivity index (χ1) is 15.3. The first-order valence-electron chi connectivity index (χ1n) is 11.4. The quantitative estimate of drug-likeness (QED) is 0.528. The monoisotopic (exact) mass is 500 g/mol. The number of amides is 2. The molecule has 1 N–H and O–H groups in total. The summed E-state index contributed by atoms with van der Waals surface area (Å²) in [5.74, 6) is 0.379. The molecule has 0 saturated heterocycles. The van der Waals surface area contributed by atoms with E-state index >= 15 is 0 Å². The second kappa shape index (κ2) is 11.5. The molecule has 1 aliphatic carbocycles. The summed E-state index contributed by atoms with van der Waals surface area (Å²) in [5.41, 5.74) is 3.24. The third-order valence-electron chi connectivity index (χ3n) is 6.13. The third-order valence-corrected chi connectivity index (χ3v) is 7.38. The van der Waals surface area contributed by atoms with Crippen LogP contribution in [0.15, 0.2) is 46.9 Å². The Morgan fingerprint density at radius 1 is 1.12 bits per heavy atom. The second-order valence-electron chi connectivity index (χ2n) is 8.65. The molecule has 0 unspecified atom stereocenters.